The molecule has 2 aliphatic rings. The Balaban J connectivity index is 1.59. The van der Waals surface area contributed by atoms with Crippen LogP contribution in [0.5, 0.6) is 0 Å². The van der Waals surface area contributed by atoms with Crippen LogP contribution in [0.1, 0.15) is 50.7 Å². The van der Waals surface area contributed by atoms with Gasteiger partial charge in [-0.2, -0.15) is 0 Å². The number of rotatable bonds is 4. The number of piperidine rings is 1. The largest absolute Gasteiger partial charge is 0.342 e. The predicted octanol–water partition coefficient (Wildman–Crippen LogP) is 0.753. The SMILES string of the molecule is CC(C)S(=O)(=O)CC(=O)N1CCC(c2nnc3n2CCC3)CC1. The third kappa shape index (κ3) is 3.27. The van der Waals surface area contributed by atoms with E-state index >= 15 is 0 Å². The van der Waals surface area contributed by atoms with Crippen LogP contribution in [0, 0.1) is 0 Å². The lowest BCUT2D eigenvalue weighted by Crippen LogP contribution is -2.42. The summed E-state index contributed by atoms with van der Waals surface area (Å²) in [5, 5.41) is 8.06. The highest BCUT2D eigenvalue weighted by molar-refractivity contribution is 7.92. The molecule has 2 aliphatic heterocycles. The molecule has 3 rings (SSSR count). The van der Waals surface area contributed by atoms with Crippen molar-refractivity contribution in [1.29, 1.82) is 0 Å². The number of aryl methyl sites for hydroxylation is 1. The second kappa shape index (κ2) is 6.22. The van der Waals surface area contributed by atoms with E-state index in [1.165, 1.54) is 0 Å². The van der Waals surface area contributed by atoms with E-state index < -0.39 is 15.1 Å². The summed E-state index contributed by atoms with van der Waals surface area (Å²) < 4.78 is 26.0. The summed E-state index contributed by atoms with van der Waals surface area (Å²) >= 11 is 0. The highest BCUT2D eigenvalue weighted by Crippen LogP contribution is 2.29. The van der Waals surface area contributed by atoms with Crippen LogP contribution in [0.4, 0.5) is 0 Å². The van der Waals surface area contributed by atoms with Crippen LogP contribution in [-0.4, -0.2) is 58.1 Å². The van der Waals surface area contributed by atoms with E-state index in [2.05, 4.69) is 14.8 Å². The third-order valence-electron chi connectivity index (χ3n) is 4.89. The Labute approximate surface area is 137 Å². The molecule has 1 saturated heterocycles. The molecule has 0 aliphatic carbocycles. The monoisotopic (exact) mass is 340 g/mol. The maximum atomic E-state index is 12.2. The number of carbonyl (C=O) groups is 1. The van der Waals surface area contributed by atoms with Crippen LogP contribution in [0.25, 0.3) is 0 Å². The molecule has 1 amide bonds. The molecular weight excluding hydrogens is 316 g/mol. The van der Waals surface area contributed by atoms with Crippen molar-refractivity contribution in [2.24, 2.45) is 0 Å². The molecule has 0 radical (unpaired) electrons. The molecule has 8 heteroatoms. The molecule has 1 aromatic heterocycles. The average molecular weight is 340 g/mol. The number of carbonyl (C=O) groups excluding carboxylic acids is 1. The van der Waals surface area contributed by atoms with Crippen molar-refractivity contribution in [1.82, 2.24) is 19.7 Å². The highest BCUT2D eigenvalue weighted by Gasteiger charge is 2.31. The minimum atomic E-state index is -3.33. The number of nitrogens with zero attached hydrogens (tertiary/aromatic N) is 4. The van der Waals surface area contributed by atoms with E-state index in [-0.39, 0.29) is 11.7 Å². The fourth-order valence-corrected chi connectivity index (χ4v) is 4.15. The van der Waals surface area contributed by atoms with Crippen molar-refractivity contribution in [3.8, 4) is 0 Å². The number of hydrogen-bond donors (Lipinski definition) is 0. The summed E-state index contributed by atoms with van der Waals surface area (Å²) in [6, 6.07) is 0. The van der Waals surface area contributed by atoms with Crippen molar-refractivity contribution in [2.45, 2.75) is 57.2 Å². The number of fused-ring (bicyclic) bond motifs is 1. The maximum Gasteiger partial charge on any atom is 0.237 e. The molecule has 128 valence electrons. The van der Waals surface area contributed by atoms with Gasteiger partial charge in [-0.15, -0.1) is 10.2 Å². The third-order valence-corrected chi connectivity index (χ3v) is 6.98. The lowest BCUT2D eigenvalue weighted by molar-refractivity contribution is -0.129. The van der Waals surface area contributed by atoms with Gasteiger partial charge in [0.15, 0.2) is 9.84 Å². The summed E-state index contributed by atoms with van der Waals surface area (Å²) in [6.07, 6.45) is 3.77. The minimum Gasteiger partial charge on any atom is -0.342 e. The van der Waals surface area contributed by atoms with Crippen LogP contribution < -0.4 is 0 Å². The first-order chi connectivity index (χ1) is 10.9. The number of amides is 1. The van der Waals surface area contributed by atoms with Crippen molar-refractivity contribution >= 4 is 15.7 Å². The van der Waals surface area contributed by atoms with Gasteiger partial charge >= 0.3 is 0 Å². The van der Waals surface area contributed by atoms with Crippen LogP contribution in [-0.2, 0) is 27.6 Å². The Morgan fingerprint density at radius 1 is 1.22 bits per heavy atom. The molecule has 1 fully saturated rings. The van der Waals surface area contributed by atoms with E-state index in [9.17, 15) is 13.2 Å². The van der Waals surface area contributed by atoms with E-state index in [1.807, 2.05) is 0 Å². The summed E-state index contributed by atoms with van der Waals surface area (Å²) in [4.78, 5) is 13.9. The van der Waals surface area contributed by atoms with Gasteiger partial charge in [-0.3, -0.25) is 4.79 Å². The average Bonchev–Trinajstić information content (AvgIpc) is 3.09. The molecule has 3 heterocycles. The second-order valence-electron chi connectivity index (χ2n) is 6.74. The summed E-state index contributed by atoms with van der Waals surface area (Å²) in [6.45, 7) is 5.41. The van der Waals surface area contributed by atoms with Gasteiger partial charge in [-0.1, -0.05) is 0 Å². The Kier molecular flexibility index (Phi) is 4.44. The Morgan fingerprint density at radius 2 is 1.91 bits per heavy atom. The van der Waals surface area contributed by atoms with Gasteiger partial charge in [0.2, 0.25) is 5.91 Å². The summed E-state index contributed by atoms with van der Waals surface area (Å²) in [5.74, 6) is 1.78. The molecule has 7 nitrogen and oxygen atoms in total. The second-order valence-corrected chi connectivity index (χ2v) is 9.30. The van der Waals surface area contributed by atoms with Crippen molar-refractivity contribution in [2.75, 3.05) is 18.8 Å². The number of hydrogen-bond acceptors (Lipinski definition) is 5. The zero-order valence-corrected chi connectivity index (χ0v) is 14.5. The lowest BCUT2D eigenvalue weighted by atomic mass is 9.96. The number of likely N-dealkylation sites (tertiary alicyclic amines) is 1. The first kappa shape index (κ1) is 16.4. The molecule has 0 atom stereocenters. The number of sulfone groups is 1. The van der Waals surface area contributed by atoms with Gasteiger partial charge in [0.05, 0.1) is 5.25 Å². The maximum absolute atomic E-state index is 12.2. The topological polar surface area (TPSA) is 85.2 Å². The Hall–Kier alpha value is -1.44. The van der Waals surface area contributed by atoms with E-state index in [1.54, 1.807) is 18.7 Å². The van der Waals surface area contributed by atoms with Crippen molar-refractivity contribution in [3.05, 3.63) is 11.6 Å². The van der Waals surface area contributed by atoms with Crippen LogP contribution in [0.3, 0.4) is 0 Å². The fourth-order valence-electron chi connectivity index (χ4n) is 3.29. The van der Waals surface area contributed by atoms with Crippen molar-refractivity contribution in [3.63, 3.8) is 0 Å². The molecule has 0 unspecified atom stereocenters. The van der Waals surface area contributed by atoms with Gasteiger partial charge in [0.25, 0.3) is 0 Å². The van der Waals surface area contributed by atoms with Crippen LogP contribution in [0.15, 0.2) is 0 Å². The van der Waals surface area contributed by atoms with E-state index in [0.29, 0.717) is 19.0 Å². The van der Waals surface area contributed by atoms with Gasteiger partial charge in [0, 0.05) is 32.0 Å². The van der Waals surface area contributed by atoms with Gasteiger partial charge in [-0.05, 0) is 33.1 Å². The number of aromatic nitrogens is 3. The molecule has 0 saturated carbocycles. The van der Waals surface area contributed by atoms with E-state index in [0.717, 1.165) is 43.9 Å². The molecule has 0 aromatic carbocycles. The zero-order chi connectivity index (χ0) is 16.6. The summed E-state index contributed by atoms with van der Waals surface area (Å²) in [5.41, 5.74) is 0. The fraction of sp³-hybridized carbons (Fsp3) is 0.800. The van der Waals surface area contributed by atoms with E-state index in [4.69, 9.17) is 0 Å². The normalized spacial score (nSPS) is 19.3. The van der Waals surface area contributed by atoms with Crippen LogP contribution >= 0.6 is 0 Å². The Bertz CT molecular complexity index is 688. The minimum absolute atomic E-state index is 0.274. The zero-order valence-electron chi connectivity index (χ0n) is 13.7. The molecule has 1 aromatic rings. The van der Waals surface area contributed by atoms with Gasteiger partial charge in [-0.25, -0.2) is 8.42 Å². The lowest BCUT2D eigenvalue weighted by Gasteiger charge is -2.31. The van der Waals surface area contributed by atoms with Gasteiger partial charge in [0.1, 0.15) is 17.4 Å². The molecular formula is C15H24N4O3S. The predicted molar refractivity (Wildman–Crippen MR) is 85.8 cm³/mol. The first-order valence-corrected chi connectivity index (χ1v) is 10.0. The molecule has 0 bridgehead atoms. The standard InChI is InChI=1S/C15H24N4O3S/c1-11(2)23(21,22)10-14(20)18-8-5-12(6-9-18)15-17-16-13-4-3-7-19(13)15/h11-12H,3-10H2,1-2H3. The molecule has 0 N–H and O–H groups in total. The smallest absolute Gasteiger partial charge is 0.237 e. The molecule has 23 heavy (non-hydrogen) atoms. The summed E-state index contributed by atoms with van der Waals surface area (Å²) in [7, 11) is -3.33. The van der Waals surface area contributed by atoms with Crippen molar-refractivity contribution < 1.29 is 13.2 Å². The quantitative estimate of drug-likeness (QED) is 0.807. The highest BCUT2D eigenvalue weighted by atomic mass is 32.2. The molecule has 0 spiro atoms. The first-order valence-electron chi connectivity index (χ1n) is 8.30. The van der Waals surface area contributed by atoms with Gasteiger partial charge < -0.3 is 9.47 Å². The van der Waals surface area contributed by atoms with Crippen LogP contribution in [0.2, 0.25) is 0 Å². The Morgan fingerprint density at radius 3 is 2.57 bits per heavy atom.